The molecule has 0 spiro atoms. The van der Waals surface area contributed by atoms with Crippen LogP contribution in [0.1, 0.15) is 6.92 Å². The van der Waals surface area contributed by atoms with E-state index >= 15 is 0 Å². The lowest BCUT2D eigenvalue weighted by Gasteiger charge is -2.34. The van der Waals surface area contributed by atoms with Crippen LogP contribution in [-0.4, -0.2) is 58.7 Å². The van der Waals surface area contributed by atoms with Gasteiger partial charge in [0.05, 0.1) is 17.2 Å². The second-order valence-corrected chi connectivity index (χ2v) is 6.07. The van der Waals surface area contributed by atoms with E-state index in [2.05, 4.69) is 15.3 Å². The number of ether oxygens (including phenoxy) is 1. The van der Waals surface area contributed by atoms with Crippen LogP contribution in [0.3, 0.4) is 0 Å². The summed E-state index contributed by atoms with van der Waals surface area (Å²) in [5, 5.41) is 14.2. The third-order valence-electron chi connectivity index (χ3n) is 4.27. The van der Waals surface area contributed by atoms with Crippen LogP contribution in [0.15, 0.2) is 24.5 Å². The molecule has 0 bridgehead atoms. The van der Waals surface area contributed by atoms with Crippen LogP contribution < -0.4 is 10.2 Å². The summed E-state index contributed by atoms with van der Waals surface area (Å²) in [6.07, 6.45) is 0.646. The highest BCUT2D eigenvalue weighted by molar-refractivity contribution is 5.75. The molecule has 0 unspecified atom stereocenters. The molecule has 1 amide bonds. The highest BCUT2D eigenvalue weighted by Crippen LogP contribution is 2.34. The molecular weight excluding hydrogens is 390 g/mol. The summed E-state index contributed by atoms with van der Waals surface area (Å²) in [5.41, 5.74) is -0.759. The number of anilines is 3. The Morgan fingerprint density at radius 2 is 2.00 bits per heavy atom. The molecule has 2 heterocycles. The number of hydrogen-bond donors (Lipinski definition) is 1. The van der Waals surface area contributed by atoms with E-state index in [-0.39, 0.29) is 37.0 Å². The van der Waals surface area contributed by atoms with Gasteiger partial charge in [-0.05, 0) is 19.1 Å². The van der Waals surface area contributed by atoms with Crippen LogP contribution in [0.25, 0.3) is 0 Å². The van der Waals surface area contributed by atoms with Crippen LogP contribution in [0.4, 0.5) is 36.6 Å². The highest BCUT2D eigenvalue weighted by atomic mass is 19.1. The Kier molecular flexibility index (Phi) is 6.00. The summed E-state index contributed by atoms with van der Waals surface area (Å²) in [4.78, 5) is 33.8. The molecule has 29 heavy (non-hydrogen) atoms. The molecule has 1 aliphatic rings. The Morgan fingerprint density at radius 3 is 2.66 bits per heavy atom. The zero-order chi connectivity index (χ0) is 21.0. The van der Waals surface area contributed by atoms with E-state index in [4.69, 9.17) is 4.74 Å². The standard InChI is InChI=1S/C17H18F2N6O4/c1-2-29-17(26)24-7-5-23(6-8-24)16-14(25(27)28)15(20-10-21-16)22-13-9-11(18)3-4-12(13)19/h3-4,9-10H,2,5-8H2,1H3,(H,20,21,22). The normalized spacial score (nSPS) is 13.9. The van der Waals surface area contributed by atoms with E-state index in [1.807, 2.05) is 0 Å². The minimum absolute atomic E-state index is 0.0211. The van der Waals surface area contributed by atoms with Gasteiger partial charge in [-0.15, -0.1) is 0 Å². The molecule has 3 rings (SSSR count). The molecule has 1 saturated heterocycles. The smallest absolute Gasteiger partial charge is 0.409 e. The van der Waals surface area contributed by atoms with Gasteiger partial charge in [0.2, 0.25) is 11.6 Å². The number of carbonyl (C=O) groups excluding carboxylic acids is 1. The third kappa shape index (κ3) is 4.47. The summed E-state index contributed by atoms with van der Waals surface area (Å²) in [6.45, 7) is 3.11. The van der Waals surface area contributed by atoms with Gasteiger partial charge in [-0.3, -0.25) is 10.1 Å². The lowest BCUT2D eigenvalue weighted by Crippen LogP contribution is -2.49. The predicted octanol–water partition coefficient (Wildman–Crippen LogP) is 2.69. The average Bonchev–Trinajstić information content (AvgIpc) is 2.70. The second-order valence-electron chi connectivity index (χ2n) is 6.07. The van der Waals surface area contributed by atoms with Crippen molar-refractivity contribution in [1.82, 2.24) is 14.9 Å². The number of rotatable bonds is 5. The van der Waals surface area contributed by atoms with E-state index in [9.17, 15) is 23.7 Å². The maximum atomic E-state index is 13.9. The molecule has 10 nitrogen and oxygen atoms in total. The summed E-state index contributed by atoms with van der Waals surface area (Å²) in [5.74, 6) is -1.74. The van der Waals surface area contributed by atoms with Crippen molar-refractivity contribution in [1.29, 1.82) is 0 Å². The fourth-order valence-corrected chi connectivity index (χ4v) is 2.90. The van der Waals surface area contributed by atoms with Crippen molar-refractivity contribution in [2.24, 2.45) is 0 Å². The lowest BCUT2D eigenvalue weighted by molar-refractivity contribution is -0.383. The Bertz CT molecular complexity index is 921. The van der Waals surface area contributed by atoms with Crippen LogP contribution >= 0.6 is 0 Å². The average molecular weight is 408 g/mol. The van der Waals surface area contributed by atoms with Crippen molar-refractivity contribution in [3.8, 4) is 0 Å². The SMILES string of the molecule is CCOC(=O)N1CCN(c2ncnc(Nc3cc(F)ccc3F)c2[N+](=O)[O-])CC1. The van der Waals surface area contributed by atoms with Crippen molar-refractivity contribution in [3.63, 3.8) is 0 Å². The van der Waals surface area contributed by atoms with E-state index < -0.39 is 28.3 Å². The molecule has 1 N–H and O–H groups in total. The maximum absolute atomic E-state index is 13.9. The van der Waals surface area contributed by atoms with Crippen LogP contribution in [0.5, 0.6) is 0 Å². The van der Waals surface area contributed by atoms with E-state index in [1.165, 1.54) is 4.90 Å². The fraction of sp³-hybridized carbons (Fsp3) is 0.353. The maximum Gasteiger partial charge on any atom is 0.409 e. The first-order valence-electron chi connectivity index (χ1n) is 8.78. The number of aromatic nitrogens is 2. The van der Waals surface area contributed by atoms with Gasteiger partial charge < -0.3 is 19.9 Å². The summed E-state index contributed by atoms with van der Waals surface area (Å²) in [6, 6.07) is 2.71. The van der Waals surface area contributed by atoms with Crippen molar-refractivity contribution in [2.75, 3.05) is 43.0 Å². The quantitative estimate of drug-likeness (QED) is 0.593. The molecule has 1 aromatic carbocycles. The summed E-state index contributed by atoms with van der Waals surface area (Å²) < 4.78 is 32.3. The molecule has 0 atom stereocenters. The van der Waals surface area contributed by atoms with Gasteiger partial charge in [-0.1, -0.05) is 0 Å². The number of nitro groups is 1. The van der Waals surface area contributed by atoms with Crippen molar-refractivity contribution >= 4 is 29.1 Å². The number of nitrogens with one attached hydrogen (secondary N) is 1. The first kappa shape index (κ1) is 20.2. The van der Waals surface area contributed by atoms with Gasteiger partial charge in [-0.2, -0.15) is 0 Å². The first-order valence-corrected chi connectivity index (χ1v) is 8.78. The predicted molar refractivity (Wildman–Crippen MR) is 99.1 cm³/mol. The monoisotopic (exact) mass is 408 g/mol. The van der Waals surface area contributed by atoms with E-state index in [0.29, 0.717) is 13.1 Å². The Morgan fingerprint density at radius 1 is 1.28 bits per heavy atom. The molecule has 0 saturated carbocycles. The number of halogens is 2. The zero-order valence-electron chi connectivity index (χ0n) is 15.5. The molecule has 12 heteroatoms. The molecule has 0 aliphatic carbocycles. The number of hydrogen-bond acceptors (Lipinski definition) is 8. The number of carbonyl (C=O) groups is 1. The Balaban J connectivity index is 1.85. The second kappa shape index (κ2) is 8.63. The van der Waals surface area contributed by atoms with Crippen LogP contribution in [0, 0.1) is 21.7 Å². The van der Waals surface area contributed by atoms with Crippen molar-refractivity contribution in [2.45, 2.75) is 6.92 Å². The van der Waals surface area contributed by atoms with Crippen LogP contribution in [0.2, 0.25) is 0 Å². The number of piperazine rings is 1. The van der Waals surface area contributed by atoms with Gasteiger partial charge in [0, 0.05) is 32.2 Å². The highest BCUT2D eigenvalue weighted by Gasteiger charge is 2.31. The summed E-state index contributed by atoms with van der Waals surface area (Å²) in [7, 11) is 0. The Hall–Kier alpha value is -3.57. The largest absolute Gasteiger partial charge is 0.450 e. The molecule has 0 radical (unpaired) electrons. The third-order valence-corrected chi connectivity index (χ3v) is 4.27. The lowest BCUT2D eigenvalue weighted by atomic mass is 10.2. The molecule has 2 aromatic rings. The number of benzene rings is 1. The van der Waals surface area contributed by atoms with Crippen molar-refractivity contribution < 1.29 is 23.2 Å². The number of nitrogens with zero attached hydrogens (tertiary/aromatic N) is 5. The van der Waals surface area contributed by atoms with Crippen molar-refractivity contribution in [3.05, 3.63) is 46.3 Å². The first-order chi connectivity index (χ1) is 13.9. The van der Waals surface area contributed by atoms with Gasteiger partial charge in [0.1, 0.15) is 18.0 Å². The van der Waals surface area contributed by atoms with E-state index in [0.717, 1.165) is 24.5 Å². The van der Waals surface area contributed by atoms with E-state index in [1.54, 1.807) is 11.8 Å². The van der Waals surface area contributed by atoms with Gasteiger partial charge in [0.15, 0.2) is 0 Å². The zero-order valence-corrected chi connectivity index (χ0v) is 15.5. The topological polar surface area (TPSA) is 114 Å². The minimum atomic E-state index is -0.788. The molecular formula is C17H18F2N6O4. The van der Waals surface area contributed by atoms with Crippen LogP contribution in [-0.2, 0) is 4.74 Å². The molecule has 154 valence electrons. The molecule has 1 aliphatic heterocycles. The van der Waals surface area contributed by atoms with Gasteiger partial charge in [-0.25, -0.2) is 23.5 Å². The molecule has 1 fully saturated rings. The summed E-state index contributed by atoms with van der Waals surface area (Å²) >= 11 is 0. The minimum Gasteiger partial charge on any atom is -0.450 e. The van der Waals surface area contributed by atoms with Gasteiger partial charge in [0.25, 0.3) is 0 Å². The molecule has 1 aromatic heterocycles. The Labute approximate surface area is 164 Å². The number of amides is 1. The fourth-order valence-electron chi connectivity index (χ4n) is 2.90. The van der Waals surface area contributed by atoms with Gasteiger partial charge >= 0.3 is 11.8 Å².